The highest BCUT2D eigenvalue weighted by molar-refractivity contribution is 7.13. The lowest BCUT2D eigenvalue weighted by Crippen LogP contribution is -2.26. The number of hydrogen-bond acceptors (Lipinski definition) is 5. The van der Waals surface area contributed by atoms with Crippen LogP contribution in [0.15, 0.2) is 34.6 Å². The molecule has 176 valence electrons. The van der Waals surface area contributed by atoms with Crippen molar-refractivity contribution >= 4 is 11.3 Å². The average Bonchev–Trinajstić information content (AvgIpc) is 3.27. The van der Waals surface area contributed by atoms with Gasteiger partial charge in [-0.2, -0.15) is 0 Å². The summed E-state index contributed by atoms with van der Waals surface area (Å²) in [6.45, 7) is 12.0. The van der Waals surface area contributed by atoms with E-state index in [2.05, 4.69) is 49.8 Å². The molecule has 0 bridgehead atoms. The number of aromatic nitrogens is 2. The van der Waals surface area contributed by atoms with E-state index in [0.717, 1.165) is 51.7 Å². The summed E-state index contributed by atoms with van der Waals surface area (Å²) >= 11 is 1.65. The van der Waals surface area contributed by atoms with Crippen molar-refractivity contribution in [1.82, 2.24) is 9.55 Å². The van der Waals surface area contributed by atoms with Crippen LogP contribution < -0.4 is 10.2 Å². The molecule has 1 aliphatic rings. The van der Waals surface area contributed by atoms with E-state index >= 15 is 0 Å². The lowest BCUT2D eigenvalue weighted by molar-refractivity contribution is 0.172. The Labute approximate surface area is 200 Å². The molecule has 5 nitrogen and oxygen atoms in total. The number of nitrogens with zero attached hydrogens (tertiary/aromatic N) is 2. The quantitative estimate of drug-likeness (QED) is 0.369. The Kier molecular flexibility index (Phi) is 7.05. The molecule has 0 saturated heterocycles. The van der Waals surface area contributed by atoms with Crippen molar-refractivity contribution < 1.29 is 9.47 Å². The second-order valence-corrected chi connectivity index (χ2v) is 10.4. The largest absolute Gasteiger partial charge is 0.493 e. The summed E-state index contributed by atoms with van der Waals surface area (Å²) in [4.78, 5) is 17.5. The standard InChI is InChI=1S/C27H34N2O3S/c1-16(2)22-15-33-27(28-22)21-12-20-19(11-26(21)32-9-7-8-31-6)10-23(17(3)4)29-14-18(5)25(30)13-24(20)29/h11-17,23H,7-10H2,1-6H3. The number of fused-ring (bicyclic) bond motifs is 3. The maximum atomic E-state index is 12.6. The van der Waals surface area contributed by atoms with Gasteiger partial charge in [0.15, 0.2) is 5.43 Å². The third-order valence-corrected chi connectivity index (χ3v) is 7.29. The van der Waals surface area contributed by atoms with Crippen LogP contribution in [0.5, 0.6) is 5.75 Å². The molecule has 1 aromatic carbocycles. The van der Waals surface area contributed by atoms with Crippen LogP contribution in [0.2, 0.25) is 0 Å². The van der Waals surface area contributed by atoms with Gasteiger partial charge >= 0.3 is 0 Å². The van der Waals surface area contributed by atoms with Crippen molar-refractivity contribution in [3.05, 3.63) is 56.8 Å². The third kappa shape index (κ3) is 4.78. The Hall–Kier alpha value is -2.44. The number of hydrogen-bond donors (Lipinski definition) is 0. The van der Waals surface area contributed by atoms with E-state index in [9.17, 15) is 4.79 Å². The maximum absolute atomic E-state index is 12.6. The van der Waals surface area contributed by atoms with Gasteiger partial charge < -0.3 is 14.0 Å². The molecule has 1 atom stereocenters. The minimum atomic E-state index is 0.0781. The minimum absolute atomic E-state index is 0.0781. The van der Waals surface area contributed by atoms with Crippen LogP contribution in [0.3, 0.4) is 0 Å². The lowest BCUT2D eigenvalue weighted by Gasteiger charge is -2.34. The predicted octanol–water partition coefficient (Wildman–Crippen LogP) is 6.24. The minimum Gasteiger partial charge on any atom is -0.493 e. The van der Waals surface area contributed by atoms with Crippen LogP contribution in [0.4, 0.5) is 0 Å². The molecule has 0 saturated carbocycles. The zero-order valence-corrected chi connectivity index (χ0v) is 21.3. The Bertz CT molecular complexity index is 1190. The van der Waals surface area contributed by atoms with Gasteiger partial charge in [-0.25, -0.2) is 4.98 Å². The first-order valence-corrected chi connectivity index (χ1v) is 12.7. The van der Waals surface area contributed by atoms with Gasteiger partial charge in [0.2, 0.25) is 0 Å². The first kappa shape index (κ1) is 23.7. The van der Waals surface area contributed by atoms with Gasteiger partial charge in [-0.3, -0.25) is 4.79 Å². The Morgan fingerprint density at radius 1 is 1.15 bits per heavy atom. The second kappa shape index (κ2) is 9.82. The van der Waals surface area contributed by atoms with Crippen LogP contribution in [-0.2, 0) is 11.2 Å². The van der Waals surface area contributed by atoms with E-state index in [-0.39, 0.29) is 5.43 Å². The van der Waals surface area contributed by atoms with Crippen molar-refractivity contribution in [1.29, 1.82) is 0 Å². The lowest BCUT2D eigenvalue weighted by atomic mass is 9.86. The Morgan fingerprint density at radius 2 is 1.94 bits per heavy atom. The van der Waals surface area contributed by atoms with Gasteiger partial charge in [0, 0.05) is 54.9 Å². The highest BCUT2D eigenvalue weighted by Gasteiger charge is 2.28. The highest BCUT2D eigenvalue weighted by Crippen LogP contribution is 2.44. The maximum Gasteiger partial charge on any atom is 0.185 e. The summed E-state index contributed by atoms with van der Waals surface area (Å²) < 4.78 is 13.8. The third-order valence-electron chi connectivity index (χ3n) is 6.40. The summed E-state index contributed by atoms with van der Waals surface area (Å²) in [6, 6.07) is 6.46. The van der Waals surface area contributed by atoms with E-state index in [1.807, 2.05) is 13.1 Å². The molecule has 1 unspecified atom stereocenters. The molecule has 0 radical (unpaired) electrons. The topological polar surface area (TPSA) is 53.4 Å². The fraction of sp³-hybridized carbons (Fsp3) is 0.481. The number of pyridine rings is 1. The zero-order valence-electron chi connectivity index (χ0n) is 20.5. The van der Waals surface area contributed by atoms with Gasteiger partial charge in [-0.05, 0) is 42.9 Å². The normalized spacial score (nSPS) is 15.1. The van der Waals surface area contributed by atoms with Crippen LogP contribution in [0.1, 0.15) is 62.9 Å². The van der Waals surface area contributed by atoms with Crippen LogP contribution in [0, 0.1) is 12.8 Å². The summed E-state index contributed by atoms with van der Waals surface area (Å²) in [5.74, 6) is 1.67. The van der Waals surface area contributed by atoms with Gasteiger partial charge in [-0.1, -0.05) is 27.7 Å². The van der Waals surface area contributed by atoms with Gasteiger partial charge in [0.1, 0.15) is 10.8 Å². The predicted molar refractivity (Wildman–Crippen MR) is 136 cm³/mol. The number of ether oxygens (including phenoxy) is 2. The fourth-order valence-corrected chi connectivity index (χ4v) is 5.40. The van der Waals surface area contributed by atoms with E-state index < -0.39 is 0 Å². The fourth-order valence-electron chi connectivity index (χ4n) is 4.40. The Morgan fingerprint density at radius 3 is 2.61 bits per heavy atom. The summed E-state index contributed by atoms with van der Waals surface area (Å²) in [7, 11) is 1.71. The molecule has 4 rings (SSSR count). The number of aryl methyl sites for hydroxylation is 1. The Balaban J connectivity index is 1.87. The summed E-state index contributed by atoms with van der Waals surface area (Å²) in [5.41, 5.74) is 6.25. The SMILES string of the molecule is COCCCOc1cc2c(cc1-c1nc(C(C)C)cs1)-c1cc(=O)c(C)cn1C(C(C)C)C2. The molecule has 0 amide bonds. The van der Waals surface area contributed by atoms with E-state index in [4.69, 9.17) is 14.5 Å². The van der Waals surface area contributed by atoms with Crippen LogP contribution in [0.25, 0.3) is 21.8 Å². The van der Waals surface area contributed by atoms with Crippen molar-refractivity contribution in [2.75, 3.05) is 20.3 Å². The molecule has 0 spiro atoms. The number of thiazole rings is 1. The molecule has 1 aliphatic heterocycles. The van der Waals surface area contributed by atoms with Crippen LogP contribution in [-0.4, -0.2) is 29.9 Å². The molecule has 3 aromatic rings. The molecule has 0 N–H and O–H groups in total. The molecular weight excluding hydrogens is 432 g/mol. The molecule has 0 fully saturated rings. The molecule has 2 aromatic heterocycles. The zero-order chi connectivity index (χ0) is 23.7. The second-order valence-electron chi connectivity index (χ2n) is 9.56. The first-order valence-electron chi connectivity index (χ1n) is 11.8. The van der Waals surface area contributed by atoms with E-state index in [0.29, 0.717) is 31.1 Å². The number of methoxy groups -OCH3 is 1. The molecule has 0 aliphatic carbocycles. The smallest absolute Gasteiger partial charge is 0.185 e. The number of benzene rings is 1. The van der Waals surface area contributed by atoms with Crippen molar-refractivity contribution in [2.45, 2.75) is 59.4 Å². The molecule has 3 heterocycles. The van der Waals surface area contributed by atoms with E-state index in [1.165, 1.54) is 5.56 Å². The molecule has 6 heteroatoms. The molecular formula is C27H34N2O3S. The van der Waals surface area contributed by atoms with Gasteiger partial charge in [0.05, 0.1) is 23.6 Å². The average molecular weight is 467 g/mol. The van der Waals surface area contributed by atoms with Crippen molar-refractivity contribution in [2.24, 2.45) is 5.92 Å². The van der Waals surface area contributed by atoms with Gasteiger partial charge in [0.25, 0.3) is 0 Å². The van der Waals surface area contributed by atoms with Crippen molar-refractivity contribution in [3.63, 3.8) is 0 Å². The monoisotopic (exact) mass is 466 g/mol. The summed E-state index contributed by atoms with van der Waals surface area (Å²) in [6.07, 6.45) is 3.76. The molecule has 33 heavy (non-hydrogen) atoms. The van der Waals surface area contributed by atoms with Crippen molar-refractivity contribution in [3.8, 4) is 27.6 Å². The van der Waals surface area contributed by atoms with Gasteiger partial charge in [-0.15, -0.1) is 11.3 Å². The van der Waals surface area contributed by atoms with Crippen LogP contribution >= 0.6 is 11.3 Å². The number of rotatable bonds is 8. The summed E-state index contributed by atoms with van der Waals surface area (Å²) in [5, 5.41) is 3.08. The van der Waals surface area contributed by atoms with E-state index in [1.54, 1.807) is 24.5 Å². The first-order chi connectivity index (χ1) is 15.8. The highest BCUT2D eigenvalue weighted by atomic mass is 32.1.